The van der Waals surface area contributed by atoms with Crippen molar-refractivity contribution in [3.63, 3.8) is 0 Å². The number of hydrogen-bond donors (Lipinski definition) is 1. The molecule has 1 aliphatic carbocycles. The van der Waals surface area contributed by atoms with E-state index in [4.69, 9.17) is 5.73 Å². The van der Waals surface area contributed by atoms with Gasteiger partial charge in [-0.3, -0.25) is 9.78 Å². The number of pyridine rings is 2. The topological polar surface area (TPSA) is 94.7 Å². The van der Waals surface area contributed by atoms with Gasteiger partial charge in [0.2, 0.25) is 0 Å². The molecule has 1 fully saturated rings. The first-order chi connectivity index (χ1) is 12.6. The monoisotopic (exact) mass is 367 g/mol. The molecule has 0 bridgehead atoms. The molecule has 0 radical (unpaired) electrons. The van der Waals surface area contributed by atoms with Crippen molar-refractivity contribution in [2.75, 3.05) is 0 Å². The van der Waals surface area contributed by atoms with Gasteiger partial charge in [-0.25, -0.2) is 4.98 Å². The Bertz CT molecular complexity index is 946. The van der Waals surface area contributed by atoms with E-state index in [1.165, 1.54) is 11.3 Å². The van der Waals surface area contributed by atoms with Gasteiger partial charge < -0.3 is 5.73 Å². The Morgan fingerprint density at radius 3 is 2.77 bits per heavy atom. The Morgan fingerprint density at radius 2 is 2.04 bits per heavy atom. The molecule has 0 amide bonds. The summed E-state index contributed by atoms with van der Waals surface area (Å²) in [5, 5.41) is 10.9. The zero-order chi connectivity index (χ0) is 18.1. The SMILES string of the molecule is Cc1nnc(-c2ccc3cnc(CC(=O)C4CCC(N)CC4)cc3n2)s1. The standard InChI is InChI=1S/C19H21N5OS/c1-11-23-24-19(26-11)16-7-4-13-10-21-15(8-17(13)22-16)9-18(25)12-2-5-14(20)6-3-12/h4,7-8,10,12,14H,2-3,5-6,9,20H2,1H3. The minimum Gasteiger partial charge on any atom is -0.328 e. The van der Waals surface area contributed by atoms with Gasteiger partial charge in [0.25, 0.3) is 0 Å². The Labute approximate surface area is 155 Å². The summed E-state index contributed by atoms with van der Waals surface area (Å²) in [6.07, 6.45) is 5.82. The molecule has 2 N–H and O–H groups in total. The first-order valence-corrected chi connectivity index (χ1v) is 9.74. The normalized spacial score (nSPS) is 20.4. The molecule has 0 aliphatic heterocycles. The van der Waals surface area contributed by atoms with E-state index in [-0.39, 0.29) is 17.7 Å². The second kappa shape index (κ2) is 7.17. The van der Waals surface area contributed by atoms with Gasteiger partial charge >= 0.3 is 0 Å². The molecule has 4 rings (SSSR count). The van der Waals surface area contributed by atoms with Crippen LogP contribution in [0.1, 0.15) is 36.4 Å². The summed E-state index contributed by atoms with van der Waals surface area (Å²) in [5.74, 6) is 0.385. The predicted octanol–water partition coefficient (Wildman–Crippen LogP) is 3.09. The fraction of sp³-hybridized carbons (Fsp3) is 0.421. The Morgan fingerprint density at radius 1 is 1.23 bits per heavy atom. The molecule has 134 valence electrons. The number of fused-ring (bicyclic) bond motifs is 1. The number of rotatable bonds is 4. The molecule has 0 aromatic carbocycles. The van der Waals surface area contributed by atoms with Crippen LogP contribution in [-0.2, 0) is 11.2 Å². The third-order valence-corrected chi connectivity index (χ3v) is 5.82. The second-order valence-corrected chi connectivity index (χ2v) is 8.13. The maximum Gasteiger partial charge on any atom is 0.166 e. The minimum absolute atomic E-state index is 0.121. The highest BCUT2D eigenvalue weighted by atomic mass is 32.1. The van der Waals surface area contributed by atoms with E-state index in [1.54, 1.807) is 6.20 Å². The average molecular weight is 367 g/mol. The fourth-order valence-corrected chi connectivity index (χ4v) is 4.10. The highest BCUT2D eigenvalue weighted by molar-refractivity contribution is 7.14. The van der Waals surface area contributed by atoms with E-state index < -0.39 is 0 Å². The molecule has 7 heteroatoms. The zero-order valence-electron chi connectivity index (χ0n) is 14.7. The average Bonchev–Trinajstić information content (AvgIpc) is 3.08. The lowest BCUT2D eigenvalue weighted by Crippen LogP contribution is -2.30. The van der Waals surface area contributed by atoms with Crippen molar-refractivity contribution >= 4 is 28.0 Å². The maximum atomic E-state index is 12.6. The summed E-state index contributed by atoms with van der Waals surface area (Å²) in [5.41, 5.74) is 8.34. The molecule has 3 aromatic heterocycles. The third kappa shape index (κ3) is 3.64. The number of carbonyl (C=O) groups excluding carboxylic acids is 1. The van der Waals surface area contributed by atoms with Crippen molar-refractivity contribution in [3.8, 4) is 10.7 Å². The molecule has 0 unspecified atom stereocenters. The Balaban J connectivity index is 1.55. The third-order valence-electron chi connectivity index (χ3n) is 4.96. The molecule has 3 heterocycles. The molecule has 0 spiro atoms. The number of ketones is 1. The van der Waals surface area contributed by atoms with Crippen LogP contribution in [0.15, 0.2) is 24.4 Å². The highest BCUT2D eigenvalue weighted by Crippen LogP contribution is 2.26. The number of aromatic nitrogens is 4. The minimum atomic E-state index is 0.121. The summed E-state index contributed by atoms with van der Waals surface area (Å²) in [6, 6.07) is 6.08. The maximum absolute atomic E-state index is 12.6. The molecule has 26 heavy (non-hydrogen) atoms. The van der Waals surface area contributed by atoms with E-state index in [2.05, 4.69) is 20.2 Å². The summed E-state index contributed by atoms with van der Waals surface area (Å²) in [6.45, 7) is 1.92. The van der Waals surface area contributed by atoms with Crippen LogP contribution < -0.4 is 5.73 Å². The molecular formula is C19H21N5OS. The van der Waals surface area contributed by atoms with Gasteiger partial charge in [0.15, 0.2) is 5.01 Å². The van der Waals surface area contributed by atoms with Crippen LogP contribution in [-0.4, -0.2) is 32.0 Å². The number of nitrogens with two attached hydrogens (primary N) is 1. The lowest BCUT2D eigenvalue weighted by molar-refractivity contribution is -0.123. The van der Waals surface area contributed by atoms with Gasteiger partial charge in [0.1, 0.15) is 16.5 Å². The van der Waals surface area contributed by atoms with Gasteiger partial charge in [0.05, 0.1) is 5.52 Å². The van der Waals surface area contributed by atoms with Crippen molar-refractivity contribution in [1.82, 2.24) is 20.2 Å². The molecular weight excluding hydrogens is 346 g/mol. The lowest BCUT2D eigenvalue weighted by Gasteiger charge is -2.24. The summed E-state index contributed by atoms with van der Waals surface area (Å²) in [4.78, 5) is 21.7. The summed E-state index contributed by atoms with van der Waals surface area (Å²) >= 11 is 1.52. The number of nitrogens with zero attached hydrogens (tertiary/aromatic N) is 4. The van der Waals surface area contributed by atoms with Gasteiger partial charge in [-0.15, -0.1) is 10.2 Å². The first kappa shape index (κ1) is 17.2. The molecule has 0 atom stereocenters. The first-order valence-electron chi connectivity index (χ1n) is 8.93. The summed E-state index contributed by atoms with van der Waals surface area (Å²) < 4.78 is 0. The van der Waals surface area contributed by atoms with Crippen molar-refractivity contribution in [1.29, 1.82) is 0 Å². The van der Waals surface area contributed by atoms with Gasteiger partial charge in [-0.1, -0.05) is 11.3 Å². The second-order valence-electron chi connectivity index (χ2n) is 6.95. The largest absolute Gasteiger partial charge is 0.328 e. The van der Waals surface area contributed by atoms with Gasteiger partial charge in [-0.05, 0) is 50.8 Å². The van der Waals surface area contributed by atoms with Gasteiger partial charge in [-0.2, -0.15) is 0 Å². The van der Waals surface area contributed by atoms with Crippen LogP contribution >= 0.6 is 11.3 Å². The Kier molecular flexibility index (Phi) is 4.74. The lowest BCUT2D eigenvalue weighted by atomic mass is 9.82. The Hall–Kier alpha value is -2.25. The van der Waals surface area contributed by atoms with E-state index in [9.17, 15) is 4.79 Å². The van der Waals surface area contributed by atoms with Crippen LogP contribution in [0, 0.1) is 12.8 Å². The van der Waals surface area contributed by atoms with E-state index in [0.29, 0.717) is 6.42 Å². The number of Topliss-reactive ketones (excluding diaryl/α,β-unsaturated/α-hetero) is 1. The van der Waals surface area contributed by atoms with Crippen molar-refractivity contribution in [3.05, 3.63) is 35.1 Å². The highest BCUT2D eigenvalue weighted by Gasteiger charge is 2.24. The van der Waals surface area contributed by atoms with Crippen LogP contribution in [0.3, 0.4) is 0 Å². The molecule has 3 aromatic rings. The fourth-order valence-electron chi connectivity index (χ4n) is 3.44. The van der Waals surface area contributed by atoms with Crippen LogP contribution in [0.25, 0.3) is 21.6 Å². The van der Waals surface area contributed by atoms with Crippen LogP contribution in [0.2, 0.25) is 0 Å². The zero-order valence-corrected chi connectivity index (χ0v) is 15.5. The van der Waals surface area contributed by atoms with E-state index >= 15 is 0 Å². The number of hydrogen-bond acceptors (Lipinski definition) is 7. The molecule has 6 nitrogen and oxygen atoms in total. The van der Waals surface area contributed by atoms with E-state index in [0.717, 1.165) is 58.0 Å². The molecule has 0 saturated heterocycles. The van der Waals surface area contributed by atoms with Crippen LogP contribution in [0.4, 0.5) is 0 Å². The van der Waals surface area contributed by atoms with Crippen molar-refractivity contribution in [2.24, 2.45) is 11.7 Å². The number of aryl methyl sites for hydroxylation is 1. The van der Waals surface area contributed by atoms with Crippen molar-refractivity contribution < 1.29 is 4.79 Å². The van der Waals surface area contributed by atoms with Gasteiger partial charge in [0, 0.05) is 35.7 Å². The van der Waals surface area contributed by atoms with Crippen molar-refractivity contribution in [2.45, 2.75) is 45.1 Å². The quantitative estimate of drug-likeness (QED) is 0.761. The van der Waals surface area contributed by atoms with Crippen LogP contribution in [0.5, 0.6) is 0 Å². The molecule has 1 aliphatic rings. The van der Waals surface area contributed by atoms with E-state index in [1.807, 2.05) is 25.1 Å². The number of carbonyl (C=O) groups is 1. The predicted molar refractivity (Wildman–Crippen MR) is 102 cm³/mol. The molecule has 1 saturated carbocycles. The summed E-state index contributed by atoms with van der Waals surface area (Å²) in [7, 11) is 0. The smallest absolute Gasteiger partial charge is 0.166 e.